The number of hydrogen-bond donors (Lipinski definition) is 1. The van der Waals surface area contributed by atoms with E-state index >= 15 is 0 Å². The first kappa shape index (κ1) is 18.6. The van der Waals surface area contributed by atoms with Crippen LogP contribution in [0.15, 0.2) is 52.3 Å². The second-order valence-corrected chi connectivity index (χ2v) is 8.24. The van der Waals surface area contributed by atoms with Gasteiger partial charge in [0.2, 0.25) is 5.91 Å². The monoisotopic (exact) mass is 457 g/mol. The van der Waals surface area contributed by atoms with Gasteiger partial charge in [-0.25, -0.2) is 4.98 Å². The van der Waals surface area contributed by atoms with Gasteiger partial charge in [0.15, 0.2) is 6.61 Å². The Kier molecular flexibility index (Phi) is 5.15. The molecular weight excluding hydrogens is 442 g/mol. The molecule has 1 N–H and O–H groups in total. The summed E-state index contributed by atoms with van der Waals surface area (Å²) < 4.78 is 6.45. The van der Waals surface area contributed by atoms with Crippen molar-refractivity contribution < 1.29 is 14.3 Å². The first-order valence-electron chi connectivity index (χ1n) is 8.55. The van der Waals surface area contributed by atoms with Crippen LogP contribution in [0.25, 0.3) is 11.3 Å². The van der Waals surface area contributed by atoms with E-state index in [-0.39, 0.29) is 25.0 Å². The van der Waals surface area contributed by atoms with Crippen molar-refractivity contribution in [1.29, 1.82) is 0 Å². The molecule has 2 heterocycles. The lowest BCUT2D eigenvalue weighted by atomic mass is 10.1. The average Bonchev–Trinajstić information content (AvgIpc) is 3.12. The number of amides is 2. The second kappa shape index (κ2) is 7.73. The molecule has 142 valence electrons. The number of carbonyl (C=O) groups is 2. The SMILES string of the molecule is Cc1nc(-c2ccc3c(c2)N(CC(=O)Nc2ccc(Br)cc2)C(=O)CO3)cs1. The summed E-state index contributed by atoms with van der Waals surface area (Å²) in [6.07, 6.45) is 0. The fraction of sp³-hybridized carbons (Fsp3) is 0.150. The summed E-state index contributed by atoms with van der Waals surface area (Å²) >= 11 is 4.92. The lowest BCUT2D eigenvalue weighted by Gasteiger charge is -2.29. The van der Waals surface area contributed by atoms with Crippen LogP contribution in [0.3, 0.4) is 0 Å². The van der Waals surface area contributed by atoms with E-state index < -0.39 is 0 Å². The van der Waals surface area contributed by atoms with E-state index in [0.717, 1.165) is 20.7 Å². The molecule has 1 aliphatic heterocycles. The van der Waals surface area contributed by atoms with Crippen LogP contribution in [0, 0.1) is 6.92 Å². The predicted molar refractivity (Wildman–Crippen MR) is 113 cm³/mol. The van der Waals surface area contributed by atoms with Crippen LogP contribution in [0.2, 0.25) is 0 Å². The Hall–Kier alpha value is -2.71. The van der Waals surface area contributed by atoms with Gasteiger partial charge in [-0.3, -0.25) is 14.5 Å². The summed E-state index contributed by atoms with van der Waals surface area (Å²) in [7, 11) is 0. The van der Waals surface area contributed by atoms with Crippen LogP contribution >= 0.6 is 27.3 Å². The fourth-order valence-corrected chi connectivity index (χ4v) is 3.79. The minimum Gasteiger partial charge on any atom is -0.482 e. The van der Waals surface area contributed by atoms with Crippen molar-refractivity contribution >= 4 is 50.5 Å². The number of ether oxygens (including phenoxy) is 1. The lowest BCUT2D eigenvalue weighted by molar-refractivity contribution is -0.123. The third kappa shape index (κ3) is 3.93. The summed E-state index contributed by atoms with van der Waals surface area (Å²) in [5.74, 6) is 0.0373. The van der Waals surface area contributed by atoms with E-state index in [4.69, 9.17) is 4.74 Å². The van der Waals surface area contributed by atoms with Gasteiger partial charge in [0, 0.05) is 21.1 Å². The van der Waals surface area contributed by atoms with Gasteiger partial charge in [-0.15, -0.1) is 11.3 Å². The highest BCUT2D eigenvalue weighted by atomic mass is 79.9. The van der Waals surface area contributed by atoms with Gasteiger partial charge in [-0.05, 0) is 49.4 Å². The van der Waals surface area contributed by atoms with Gasteiger partial charge in [-0.2, -0.15) is 0 Å². The molecule has 8 heteroatoms. The molecule has 0 fully saturated rings. The van der Waals surface area contributed by atoms with Crippen LogP contribution < -0.4 is 15.0 Å². The van der Waals surface area contributed by atoms with Gasteiger partial charge in [0.1, 0.15) is 12.3 Å². The highest BCUT2D eigenvalue weighted by molar-refractivity contribution is 9.10. The summed E-state index contributed by atoms with van der Waals surface area (Å²) in [6, 6.07) is 12.8. The largest absolute Gasteiger partial charge is 0.482 e. The number of aromatic nitrogens is 1. The van der Waals surface area contributed by atoms with Crippen LogP contribution in [0.5, 0.6) is 5.75 Å². The third-order valence-electron chi connectivity index (χ3n) is 4.25. The van der Waals surface area contributed by atoms with Crippen molar-refractivity contribution in [2.45, 2.75) is 6.92 Å². The van der Waals surface area contributed by atoms with Crippen LogP contribution in [0.4, 0.5) is 11.4 Å². The maximum Gasteiger partial charge on any atom is 0.265 e. The van der Waals surface area contributed by atoms with Crippen molar-refractivity contribution in [3.05, 3.63) is 57.3 Å². The quantitative estimate of drug-likeness (QED) is 0.635. The molecular formula is C20H16BrN3O3S. The maximum absolute atomic E-state index is 12.5. The molecule has 0 radical (unpaired) electrons. The number of aryl methyl sites for hydroxylation is 1. The molecule has 1 aromatic heterocycles. The number of nitrogens with zero attached hydrogens (tertiary/aromatic N) is 2. The smallest absolute Gasteiger partial charge is 0.265 e. The maximum atomic E-state index is 12.5. The molecule has 4 rings (SSSR count). The normalized spacial score (nSPS) is 13.1. The summed E-state index contributed by atoms with van der Waals surface area (Å²) in [5.41, 5.74) is 2.95. The van der Waals surface area contributed by atoms with E-state index in [9.17, 15) is 9.59 Å². The van der Waals surface area contributed by atoms with E-state index in [0.29, 0.717) is 17.1 Å². The summed E-state index contributed by atoms with van der Waals surface area (Å²) in [5, 5.41) is 5.74. The van der Waals surface area contributed by atoms with Crippen molar-refractivity contribution in [2.75, 3.05) is 23.4 Å². The molecule has 2 aromatic carbocycles. The number of fused-ring (bicyclic) bond motifs is 1. The summed E-state index contributed by atoms with van der Waals surface area (Å²) in [4.78, 5) is 30.9. The molecule has 0 aliphatic carbocycles. The minimum absolute atomic E-state index is 0.0896. The predicted octanol–water partition coefficient (Wildman–Crippen LogP) is 4.25. The molecule has 28 heavy (non-hydrogen) atoms. The van der Waals surface area contributed by atoms with Gasteiger partial charge >= 0.3 is 0 Å². The second-order valence-electron chi connectivity index (χ2n) is 6.26. The Balaban J connectivity index is 1.58. The van der Waals surface area contributed by atoms with Crippen molar-refractivity contribution in [1.82, 2.24) is 4.98 Å². The first-order valence-corrected chi connectivity index (χ1v) is 10.2. The number of carbonyl (C=O) groups excluding carboxylic acids is 2. The number of benzene rings is 2. The van der Waals surface area contributed by atoms with Crippen LogP contribution in [-0.4, -0.2) is 29.9 Å². The van der Waals surface area contributed by atoms with Gasteiger partial charge < -0.3 is 10.1 Å². The van der Waals surface area contributed by atoms with Crippen molar-refractivity contribution in [3.8, 4) is 17.0 Å². The van der Waals surface area contributed by atoms with Gasteiger partial charge in [0.05, 0.1) is 16.4 Å². The standard InChI is InChI=1S/C20H16BrN3O3S/c1-12-22-16(11-28-12)13-2-7-18-17(8-13)24(20(26)10-27-18)9-19(25)23-15-5-3-14(21)4-6-15/h2-8,11H,9-10H2,1H3,(H,23,25). The van der Waals surface area contributed by atoms with E-state index in [1.807, 2.05) is 42.6 Å². The van der Waals surface area contributed by atoms with Crippen molar-refractivity contribution in [2.24, 2.45) is 0 Å². The van der Waals surface area contributed by atoms with E-state index in [1.165, 1.54) is 4.90 Å². The Morgan fingerprint density at radius 1 is 1.29 bits per heavy atom. The molecule has 2 amide bonds. The molecule has 0 saturated heterocycles. The zero-order valence-electron chi connectivity index (χ0n) is 14.9. The number of nitrogens with one attached hydrogen (secondary N) is 1. The molecule has 0 unspecified atom stereocenters. The van der Waals surface area contributed by atoms with Crippen molar-refractivity contribution in [3.63, 3.8) is 0 Å². The highest BCUT2D eigenvalue weighted by Gasteiger charge is 2.28. The van der Waals surface area contributed by atoms with Gasteiger partial charge in [-0.1, -0.05) is 15.9 Å². The molecule has 0 spiro atoms. The topological polar surface area (TPSA) is 71.5 Å². The van der Waals surface area contributed by atoms with E-state index in [1.54, 1.807) is 23.5 Å². The first-order chi connectivity index (χ1) is 13.5. The third-order valence-corrected chi connectivity index (χ3v) is 5.55. The molecule has 3 aromatic rings. The zero-order chi connectivity index (χ0) is 19.7. The Morgan fingerprint density at radius 3 is 2.79 bits per heavy atom. The van der Waals surface area contributed by atoms with Crippen LogP contribution in [0.1, 0.15) is 5.01 Å². The number of halogens is 1. The van der Waals surface area contributed by atoms with E-state index in [2.05, 4.69) is 26.2 Å². The molecule has 0 atom stereocenters. The highest BCUT2D eigenvalue weighted by Crippen LogP contribution is 2.36. The number of hydrogen-bond acceptors (Lipinski definition) is 5. The van der Waals surface area contributed by atoms with Gasteiger partial charge in [0.25, 0.3) is 5.91 Å². The Labute approximate surface area is 174 Å². The number of anilines is 2. The summed E-state index contributed by atoms with van der Waals surface area (Å²) in [6.45, 7) is 1.76. The molecule has 1 aliphatic rings. The lowest BCUT2D eigenvalue weighted by Crippen LogP contribution is -2.43. The zero-order valence-corrected chi connectivity index (χ0v) is 17.3. The number of thiazole rings is 1. The Bertz CT molecular complexity index is 1050. The molecule has 6 nitrogen and oxygen atoms in total. The number of rotatable bonds is 4. The Morgan fingerprint density at radius 2 is 2.07 bits per heavy atom. The average molecular weight is 458 g/mol. The van der Waals surface area contributed by atoms with Crippen LogP contribution in [-0.2, 0) is 9.59 Å². The minimum atomic E-state index is -0.279. The fourth-order valence-electron chi connectivity index (χ4n) is 2.91. The molecule has 0 bridgehead atoms. The molecule has 0 saturated carbocycles.